The van der Waals surface area contributed by atoms with Crippen molar-refractivity contribution in [2.45, 2.75) is 26.2 Å². The van der Waals surface area contributed by atoms with Crippen LogP contribution < -0.4 is 5.32 Å². The van der Waals surface area contributed by atoms with Crippen molar-refractivity contribution in [2.24, 2.45) is 4.99 Å². The summed E-state index contributed by atoms with van der Waals surface area (Å²) < 4.78 is 0. The van der Waals surface area contributed by atoms with Crippen molar-refractivity contribution >= 4 is 22.9 Å². The third-order valence-electron chi connectivity index (χ3n) is 4.43. The van der Waals surface area contributed by atoms with Crippen LogP contribution in [0.3, 0.4) is 0 Å². The molecule has 0 fully saturated rings. The normalized spacial score (nSPS) is 15.2. The summed E-state index contributed by atoms with van der Waals surface area (Å²) in [6, 6.07) is 10.6. The predicted octanol–water partition coefficient (Wildman–Crippen LogP) is 3.61. The molecule has 1 aromatic heterocycles. The fourth-order valence-corrected chi connectivity index (χ4v) is 3.82. The number of hydrogen-bond donors (Lipinski definition) is 1. The minimum Gasteiger partial charge on any atom is -0.356 e. The molecule has 1 aromatic carbocycles. The summed E-state index contributed by atoms with van der Waals surface area (Å²) in [6.07, 6.45) is 5.33. The molecular weight excluding hydrogens is 328 g/mol. The van der Waals surface area contributed by atoms with Gasteiger partial charge in [-0.2, -0.15) is 0 Å². The average Bonchev–Trinajstić information content (AvgIpc) is 3.14. The first-order chi connectivity index (χ1) is 12.3. The second kappa shape index (κ2) is 8.81. The van der Waals surface area contributed by atoms with Gasteiger partial charge in [-0.25, -0.2) is 4.98 Å². The Kier molecular flexibility index (Phi) is 6.23. The summed E-state index contributed by atoms with van der Waals surface area (Å²) in [5.74, 6) is 0.981. The lowest BCUT2D eigenvalue weighted by Gasteiger charge is -2.29. The van der Waals surface area contributed by atoms with E-state index in [0.717, 1.165) is 44.9 Å². The standard InChI is InChI=1S/C20H26N4S/c1-3-19-23-18(15-25-19)9-12-22-20(21-2)24-13-10-17(11-14-24)16-7-5-4-6-8-16/h4-8,10,15H,3,9,11-14H2,1-2H3,(H,21,22). The van der Waals surface area contributed by atoms with Crippen molar-refractivity contribution < 1.29 is 0 Å². The Balaban J connectivity index is 1.51. The van der Waals surface area contributed by atoms with Gasteiger partial charge in [-0.15, -0.1) is 11.3 Å². The molecule has 3 rings (SSSR count). The van der Waals surface area contributed by atoms with Gasteiger partial charge in [0.25, 0.3) is 0 Å². The maximum Gasteiger partial charge on any atom is 0.193 e. The highest BCUT2D eigenvalue weighted by Gasteiger charge is 2.16. The van der Waals surface area contributed by atoms with Crippen LogP contribution in [0, 0.1) is 0 Å². The summed E-state index contributed by atoms with van der Waals surface area (Å²) in [4.78, 5) is 11.4. The minimum atomic E-state index is 0.866. The first-order valence-electron chi connectivity index (χ1n) is 8.93. The van der Waals surface area contributed by atoms with Crippen LogP contribution in [0.1, 0.15) is 29.6 Å². The van der Waals surface area contributed by atoms with E-state index in [-0.39, 0.29) is 0 Å². The van der Waals surface area contributed by atoms with Crippen molar-refractivity contribution in [2.75, 3.05) is 26.7 Å². The molecule has 2 heterocycles. The van der Waals surface area contributed by atoms with E-state index in [4.69, 9.17) is 0 Å². The number of thiazole rings is 1. The van der Waals surface area contributed by atoms with Gasteiger partial charge >= 0.3 is 0 Å². The second-order valence-corrected chi connectivity index (χ2v) is 7.04. The molecular formula is C20H26N4S. The second-order valence-electron chi connectivity index (χ2n) is 6.10. The van der Waals surface area contributed by atoms with E-state index in [1.54, 1.807) is 11.3 Å². The fraction of sp³-hybridized carbons (Fsp3) is 0.400. The summed E-state index contributed by atoms with van der Waals surface area (Å²) in [7, 11) is 1.86. The minimum absolute atomic E-state index is 0.866. The first-order valence-corrected chi connectivity index (χ1v) is 9.81. The van der Waals surface area contributed by atoms with E-state index in [9.17, 15) is 0 Å². The molecule has 0 saturated carbocycles. The Bertz CT molecular complexity index is 733. The summed E-state index contributed by atoms with van der Waals surface area (Å²) >= 11 is 1.75. The quantitative estimate of drug-likeness (QED) is 0.659. The van der Waals surface area contributed by atoms with Crippen LogP contribution in [0.5, 0.6) is 0 Å². The summed E-state index contributed by atoms with van der Waals surface area (Å²) in [6.45, 7) is 4.92. The summed E-state index contributed by atoms with van der Waals surface area (Å²) in [5.41, 5.74) is 3.94. The molecule has 0 bridgehead atoms. The van der Waals surface area contributed by atoms with Crippen LogP contribution in [0.25, 0.3) is 5.57 Å². The first kappa shape index (κ1) is 17.7. The summed E-state index contributed by atoms with van der Waals surface area (Å²) in [5, 5.41) is 6.86. The largest absolute Gasteiger partial charge is 0.356 e. The van der Waals surface area contributed by atoms with Gasteiger partial charge in [-0.3, -0.25) is 4.99 Å². The zero-order valence-electron chi connectivity index (χ0n) is 15.0. The third kappa shape index (κ3) is 4.69. The van der Waals surface area contributed by atoms with Crippen LogP contribution in [-0.2, 0) is 12.8 Å². The van der Waals surface area contributed by atoms with Crippen molar-refractivity contribution in [3.63, 3.8) is 0 Å². The molecule has 4 nitrogen and oxygen atoms in total. The number of aromatic nitrogens is 1. The number of nitrogens with one attached hydrogen (secondary N) is 1. The smallest absolute Gasteiger partial charge is 0.193 e. The van der Waals surface area contributed by atoms with Crippen molar-refractivity contribution in [1.82, 2.24) is 15.2 Å². The molecule has 0 radical (unpaired) electrons. The van der Waals surface area contributed by atoms with Gasteiger partial charge in [-0.05, 0) is 24.0 Å². The van der Waals surface area contributed by atoms with Gasteiger partial charge in [0.05, 0.1) is 10.7 Å². The molecule has 0 unspecified atom stereocenters. The number of aliphatic imine (C=N–C) groups is 1. The average molecular weight is 355 g/mol. The van der Waals surface area contributed by atoms with Gasteiger partial charge in [0, 0.05) is 38.5 Å². The number of hydrogen-bond acceptors (Lipinski definition) is 3. The number of rotatable bonds is 5. The SMILES string of the molecule is CCc1nc(CCNC(=NC)N2CC=C(c3ccccc3)CC2)cs1. The maximum atomic E-state index is 4.62. The van der Waals surface area contributed by atoms with E-state index >= 15 is 0 Å². The number of benzene rings is 1. The van der Waals surface area contributed by atoms with E-state index in [1.807, 2.05) is 7.05 Å². The van der Waals surface area contributed by atoms with Gasteiger partial charge in [0.15, 0.2) is 5.96 Å². The maximum absolute atomic E-state index is 4.62. The Hall–Kier alpha value is -2.14. The van der Waals surface area contributed by atoms with E-state index in [0.29, 0.717) is 0 Å². The molecule has 0 spiro atoms. The molecule has 5 heteroatoms. The molecule has 25 heavy (non-hydrogen) atoms. The zero-order chi connectivity index (χ0) is 17.5. The molecule has 1 aliphatic heterocycles. The lowest BCUT2D eigenvalue weighted by atomic mass is 10.00. The van der Waals surface area contributed by atoms with Gasteiger partial charge in [0.2, 0.25) is 0 Å². The fourth-order valence-electron chi connectivity index (χ4n) is 3.04. The van der Waals surface area contributed by atoms with Crippen molar-refractivity contribution in [3.8, 4) is 0 Å². The number of guanidine groups is 1. The monoisotopic (exact) mass is 354 g/mol. The Morgan fingerprint density at radius 3 is 2.80 bits per heavy atom. The van der Waals surface area contributed by atoms with Crippen LogP contribution in [0.4, 0.5) is 0 Å². The number of nitrogens with zero attached hydrogens (tertiary/aromatic N) is 3. The van der Waals surface area contributed by atoms with Crippen LogP contribution >= 0.6 is 11.3 Å². The zero-order valence-corrected chi connectivity index (χ0v) is 15.9. The number of aryl methyl sites for hydroxylation is 1. The van der Waals surface area contributed by atoms with Crippen LogP contribution in [0.2, 0.25) is 0 Å². The molecule has 1 N–H and O–H groups in total. The van der Waals surface area contributed by atoms with E-state index < -0.39 is 0 Å². The van der Waals surface area contributed by atoms with Crippen molar-refractivity contribution in [1.29, 1.82) is 0 Å². The molecule has 0 saturated heterocycles. The molecule has 132 valence electrons. The molecule has 0 aliphatic carbocycles. The Labute approximate surface area is 154 Å². The van der Waals surface area contributed by atoms with Gasteiger partial charge < -0.3 is 10.2 Å². The van der Waals surface area contributed by atoms with Gasteiger partial charge in [-0.1, -0.05) is 43.3 Å². The van der Waals surface area contributed by atoms with Crippen LogP contribution in [-0.4, -0.2) is 42.5 Å². The topological polar surface area (TPSA) is 40.5 Å². The van der Waals surface area contributed by atoms with Crippen molar-refractivity contribution in [3.05, 3.63) is 58.1 Å². The molecule has 0 atom stereocenters. The predicted molar refractivity (Wildman–Crippen MR) is 107 cm³/mol. The molecule has 1 aliphatic rings. The van der Waals surface area contributed by atoms with E-state index in [2.05, 4.69) is 68.9 Å². The highest BCUT2D eigenvalue weighted by atomic mass is 32.1. The highest BCUT2D eigenvalue weighted by molar-refractivity contribution is 7.09. The molecule has 0 amide bonds. The lowest BCUT2D eigenvalue weighted by molar-refractivity contribution is 0.440. The highest BCUT2D eigenvalue weighted by Crippen LogP contribution is 2.21. The van der Waals surface area contributed by atoms with Crippen LogP contribution in [0.15, 0.2) is 46.8 Å². The lowest BCUT2D eigenvalue weighted by Crippen LogP contribution is -2.44. The third-order valence-corrected chi connectivity index (χ3v) is 5.47. The Morgan fingerprint density at radius 2 is 2.16 bits per heavy atom. The Morgan fingerprint density at radius 1 is 1.32 bits per heavy atom. The van der Waals surface area contributed by atoms with Gasteiger partial charge in [0.1, 0.15) is 0 Å². The molecule has 2 aromatic rings. The van der Waals surface area contributed by atoms with E-state index in [1.165, 1.54) is 21.8 Å².